The van der Waals surface area contributed by atoms with Crippen LogP contribution >= 0.6 is 15.9 Å². The summed E-state index contributed by atoms with van der Waals surface area (Å²) in [6.07, 6.45) is 1.96. The fourth-order valence-corrected chi connectivity index (χ4v) is 5.38. The smallest absolute Gasteiger partial charge is 0.341 e. The lowest BCUT2D eigenvalue weighted by Gasteiger charge is -2.43. The summed E-state index contributed by atoms with van der Waals surface area (Å²) >= 11 is 3.71. The maximum absolute atomic E-state index is 14.5. The first kappa shape index (κ1) is 26.2. The molecule has 0 aromatic heterocycles. The van der Waals surface area contributed by atoms with Crippen molar-refractivity contribution >= 4 is 33.5 Å². The monoisotopic (exact) mass is 535 g/mol. The Balaban J connectivity index is 2.05. The molecule has 0 bridgehead atoms. The van der Waals surface area contributed by atoms with Gasteiger partial charge in [0, 0.05) is 12.8 Å². The van der Waals surface area contributed by atoms with Crippen LogP contribution < -0.4 is 10.1 Å². The molecule has 184 valence electrons. The topological polar surface area (TPSA) is 73.9 Å². The van der Waals surface area contributed by atoms with Crippen molar-refractivity contribution in [2.24, 2.45) is 0 Å². The van der Waals surface area contributed by atoms with Crippen LogP contribution in [0, 0.1) is 5.82 Å². The number of methoxy groups -OCH3 is 1. The zero-order valence-electron chi connectivity index (χ0n) is 20.4. The van der Waals surface area contributed by atoms with Gasteiger partial charge in [0.25, 0.3) is 5.91 Å². The summed E-state index contributed by atoms with van der Waals surface area (Å²) in [5, 5.41) is 2.72. The van der Waals surface area contributed by atoms with Gasteiger partial charge in [-0.2, -0.15) is 0 Å². The minimum atomic E-state index is -0.776. The van der Waals surface area contributed by atoms with E-state index < -0.39 is 17.7 Å². The van der Waals surface area contributed by atoms with Gasteiger partial charge in [0.15, 0.2) is 6.79 Å². The Kier molecular flexibility index (Phi) is 7.72. The van der Waals surface area contributed by atoms with E-state index in [0.717, 1.165) is 30.0 Å². The number of anilines is 1. The van der Waals surface area contributed by atoms with Gasteiger partial charge < -0.3 is 19.5 Å². The van der Waals surface area contributed by atoms with Gasteiger partial charge in [-0.25, -0.2) is 9.18 Å². The third-order valence-corrected chi connectivity index (χ3v) is 7.05. The Morgan fingerprint density at radius 3 is 2.38 bits per heavy atom. The van der Waals surface area contributed by atoms with Crippen LogP contribution in [0.4, 0.5) is 10.1 Å². The van der Waals surface area contributed by atoms with E-state index in [4.69, 9.17) is 14.2 Å². The van der Waals surface area contributed by atoms with Crippen molar-refractivity contribution in [2.75, 3.05) is 25.8 Å². The van der Waals surface area contributed by atoms with Gasteiger partial charge >= 0.3 is 5.97 Å². The van der Waals surface area contributed by atoms with Crippen molar-refractivity contribution in [1.29, 1.82) is 0 Å². The average molecular weight is 536 g/mol. The summed E-state index contributed by atoms with van der Waals surface area (Å²) < 4.78 is 31.0. The molecule has 0 fully saturated rings. The van der Waals surface area contributed by atoms with Crippen LogP contribution in [0.15, 0.2) is 28.7 Å². The van der Waals surface area contributed by atoms with Crippen molar-refractivity contribution in [3.05, 3.63) is 56.8 Å². The minimum Gasteiger partial charge on any atom is -0.466 e. The lowest BCUT2D eigenvalue weighted by atomic mass is 9.63. The van der Waals surface area contributed by atoms with Crippen molar-refractivity contribution < 1.29 is 28.2 Å². The number of nitrogens with one attached hydrogen (secondary N) is 1. The second-order valence-electron chi connectivity index (χ2n) is 9.68. The zero-order chi connectivity index (χ0) is 25.3. The van der Waals surface area contributed by atoms with Crippen LogP contribution in [0.3, 0.4) is 0 Å². The first-order chi connectivity index (χ1) is 15.9. The van der Waals surface area contributed by atoms with E-state index >= 15 is 0 Å². The molecule has 0 heterocycles. The molecule has 34 heavy (non-hydrogen) atoms. The summed E-state index contributed by atoms with van der Waals surface area (Å²) in [6.45, 7) is 10.4. The van der Waals surface area contributed by atoms with Crippen molar-refractivity contribution in [3.8, 4) is 5.75 Å². The lowest BCUT2D eigenvalue weighted by molar-refractivity contribution is 0.0494. The predicted octanol–water partition coefficient (Wildman–Crippen LogP) is 6.35. The number of benzene rings is 2. The first-order valence-corrected chi connectivity index (χ1v) is 12.0. The number of carbonyl (C=O) groups is 2. The van der Waals surface area contributed by atoms with Gasteiger partial charge in [0.1, 0.15) is 11.6 Å². The molecule has 0 unspecified atom stereocenters. The molecular formula is C26H31BrFNO5. The Morgan fingerprint density at radius 2 is 1.76 bits per heavy atom. The molecule has 2 aromatic rings. The SMILES string of the molecule is CCOC(=O)c1ccc(NC(=O)c2cc3c(c(Br)c2OCOC)C(C)(C)CCC3(C)C)cc1F. The Bertz CT molecular complexity index is 1110. The number of carbonyl (C=O) groups excluding carboxylic acids is 2. The van der Waals surface area contributed by atoms with Crippen molar-refractivity contribution in [2.45, 2.75) is 58.3 Å². The highest BCUT2D eigenvalue weighted by Gasteiger charge is 2.41. The summed E-state index contributed by atoms with van der Waals surface area (Å²) in [5.74, 6) is -1.62. The summed E-state index contributed by atoms with van der Waals surface area (Å²) in [7, 11) is 1.51. The van der Waals surface area contributed by atoms with Gasteiger partial charge in [-0.05, 0) is 81.9 Å². The van der Waals surface area contributed by atoms with Gasteiger partial charge in [-0.1, -0.05) is 27.7 Å². The predicted molar refractivity (Wildman–Crippen MR) is 132 cm³/mol. The highest BCUT2D eigenvalue weighted by molar-refractivity contribution is 9.10. The van der Waals surface area contributed by atoms with Crippen LogP contribution in [0.25, 0.3) is 0 Å². The van der Waals surface area contributed by atoms with E-state index in [1.165, 1.54) is 19.2 Å². The molecule has 2 aromatic carbocycles. The van der Waals surface area contributed by atoms with E-state index in [9.17, 15) is 14.0 Å². The maximum Gasteiger partial charge on any atom is 0.341 e. The van der Waals surface area contributed by atoms with E-state index in [-0.39, 0.29) is 35.5 Å². The maximum atomic E-state index is 14.5. The summed E-state index contributed by atoms with van der Waals surface area (Å²) in [6, 6.07) is 5.72. The Hall–Kier alpha value is -2.45. The molecule has 1 aliphatic rings. The second kappa shape index (κ2) is 10.0. The number of amides is 1. The molecule has 0 saturated heterocycles. The Labute approximate surface area is 208 Å². The molecule has 1 aliphatic carbocycles. The van der Waals surface area contributed by atoms with Crippen molar-refractivity contribution in [3.63, 3.8) is 0 Å². The number of ether oxygens (including phenoxy) is 3. The lowest BCUT2D eigenvalue weighted by Crippen LogP contribution is -2.35. The molecule has 0 saturated carbocycles. The molecule has 0 atom stereocenters. The van der Waals surface area contributed by atoms with E-state index in [1.807, 2.05) is 6.07 Å². The standard InChI is InChI=1S/C26H31BrFNO5/c1-7-33-24(31)16-9-8-15(12-19(16)28)29-23(30)17-13-18-20(21(27)22(17)34-14-32-6)26(4,5)11-10-25(18,2)3/h8-9,12-13H,7,10-11,14H2,1-6H3,(H,29,30). The number of hydrogen-bond acceptors (Lipinski definition) is 5. The van der Waals surface area contributed by atoms with Gasteiger partial charge in [0.05, 0.1) is 22.2 Å². The molecule has 0 aliphatic heterocycles. The largest absolute Gasteiger partial charge is 0.466 e. The fourth-order valence-electron chi connectivity index (χ4n) is 4.31. The molecule has 1 N–H and O–H groups in total. The van der Waals surface area contributed by atoms with Crippen molar-refractivity contribution in [1.82, 2.24) is 0 Å². The van der Waals surface area contributed by atoms with Crippen LogP contribution in [0.2, 0.25) is 0 Å². The van der Waals surface area contributed by atoms with Crippen LogP contribution in [0.1, 0.15) is 79.3 Å². The third kappa shape index (κ3) is 5.13. The van der Waals surface area contributed by atoms with Gasteiger partial charge in [0.2, 0.25) is 0 Å². The second-order valence-corrected chi connectivity index (χ2v) is 10.5. The number of fused-ring (bicyclic) bond motifs is 1. The van der Waals surface area contributed by atoms with Gasteiger partial charge in [-0.15, -0.1) is 0 Å². The minimum absolute atomic E-state index is 0.0373. The summed E-state index contributed by atoms with van der Waals surface area (Å²) in [4.78, 5) is 25.2. The fraction of sp³-hybridized carbons (Fsp3) is 0.462. The van der Waals surface area contributed by atoms with E-state index in [2.05, 4.69) is 48.9 Å². The molecule has 1 amide bonds. The number of halogens is 2. The first-order valence-electron chi connectivity index (χ1n) is 11.2. The highest BCUT2D eigenvalue weighted by atomic mass is 79.9. The molecule has 0 radical (unpaired) electrons. The van der Waals surface area contributed by atoms with Crippen LogP contribution in [-0.4, -0.2) is 32.4 Å². The Morgan fingerprint density at radius 1 is 1.09 bits per heavy atom. The number of hydrogen-bond donors (Lipinski definition) is 1. The average Bonchev–Trinajstić information content (AvgIpc) is 2.75. The summed E-state index contributed by atoms with van der Waals surface area (Å²) in [5.41, 5.74) is 2.24. The van der Waals surface area contributed by atoms with E-state index in [0.29, 0.717) is 15.8 Å². The quantitative estimate of drug-likeness (QED) is 0.330. The molecule has 6 nitrogen and oxygen atoms in total. The molecule has 3 rings (SSSR count). The van der Waals surface area contributed by atoms with Crippen LogP contribution in [0.5, 0.6) is 5.75 Å². The number of rotatable bonds is 7. The molecule has 8 heteroatoms. The van der Waals surface area contributed by atoms with Crippen LogP contribution in [-0.2, 0) is 20.3 Å². The third-order valence-electron chi connectivity index (χ3n) is 6.29. The normalized spacial score (nSPS) is 15.9. The van der Waals surface area contributed by atoms with Gasteiger partial charge in [-0.3, -0.25) is 4.79 Å². The van der Waals surface area contributed by atoms with E-state index in [1.54, 1.807) is 6.92 Å². The number of esters is 1. The molecular weight excluding hydrogens is 505 g/mol. The zero-order valence-corrected chi connectivity index (χ0v) is 22.0. The highest BCUT2D eigenvalue weighted by Crippen LogP contribution is 2.52. The molecule has 0 spiro atoms.